The van der Waals surface area contributed by atoms with Gasteiger partial charge >= 0.3 is 0 Å². The molecule has 14 heavy (non-hydrogen) atoms. The molecule has 2 rings (SSSR count). The normalized spacial score (nSPS) is 23.6. The number of halogens is 1. The van der Waals surface area contributed by atoms with Gasteiger partial charge in [0, 0.05) is 0 Å². The molecule has 0 saturated carbocycles. The van der Waals surface area contributed by atoms with Crippen LogP contribution in [0.25, 0.3) is 0 Å². The fourth-order valence-corrected chi connectivity index (χ4v) is 3.45. The summed E-state index contributed by atoms with van der Waals surface area (Å²) in [7, 11) is 0. The number of alkyl halides is 1. The number of aryl methyl sites for hydroxylation is 2. The van der Waals surface area contributed by atoms with E-state index in [4.69, 9.17) is 11.6 Å². The van der Waals surface area contributed by atoms with Crippen molar-refractivity contribution in [2.45, 2.75) is 44.9 Å². The minimum Gasteiger partial charge on any atom is -0.118 e. The van der Waals surface area contributed by atoms with Crippen LogP contribution in [0.5, 0.6) is 0 Å². The summed E-state index contributed by atoms with van der Waals surface area (Å²) in [4.78, 5) is 0. The zero-order valence-electron chi connectivity index (χ0n) is 9.32. The molecule has 1 aliphatic rings. The molecule has 0 heterocycles. The summed E-state index contributed by atoms with van der Waals surface area (Å²) in [6, 6.07) is 4.40. The van der Waals surface area contributed by atoms with Crippen LogP contribution < -0.4 is 0 Å². The van der Waals surface area contributed by atoms with Crippen molar-refractivity contribution in [3.8, 4) is 0 Å². The van der Waals surface area contributed by atoms with Gasteiger partial charge < -0.3 is 0 Å². The van der Waals surface area contributed by atoms with Gasteiger partial charge in [-0.25, -0.2) is 0 Å². The molecular weight excluding hydrogens is 192 g/mol. The third kappa shape index (κ3) is 1.28. The van der Waals surface area contributed by atoms with E-state index in [1.54, 1.807) is 0 Å². The Kier molecular flexibility index (Phi) is 2.15. The average Bonchev–Trinajstić information content (AvgIpc) is 2.30. The molecule has 1 unspecified atom stereocenters. The van der Waals surface area contributed by atoms with E-state index in [0.717, 1.165) is 6.42 Å². The van der Waals surface area contributed by atoms with Crippen LogP contribution >= 0.6 is 11.6 Å². The Hall–Kier alpha value is -0.490. The Morgan fingerprint density at radius 1 is 1.21 bits per heavy atom. The number of rotatable bonds is 0. The molecule has 76 valence electrons. The van der Waals surface area contributed by atoms with Crippen molar-refractivity contribution in [2.24, 2.45) is 0 Å². The maximum Gasteiger partial charge on any atom is 0.0599 e. The molecule has 0 aromatic heterocycles. The molecule has 1 aromatic rings. The molecule has 0 nitrogen and oxygen atoms in total. The highest BCUT2D eigenvalue weighted by Crippen LogP contribution is 2.50. The van der Waals surface area contributed by atoms with Crippen LogP contribution in [0.4, 0.5) is 0 Å². The van der Waals surface area contributed by atoms with Crippen molar-refractivity contribution in [2.75, 3.05) is 0 Å². The van der Waals surface area contributed by atoms with Crippen molar-refractivity contribution in [3.05, 3.63) is 34.4 Å². The highest BCUT2D eigenvalue weighted by Gasteiger charge is 2.37. The fourth-order valence-electron chi connectivity index (χ4n) is 2.79. The van der Waals surface area contributed by atoms with Gasteiger partial charge in [-0.3, -0.25) is 0 Å². The smallest absolute Gasteiger partial charge is 0.0599 e. The lowest BCUT2D eigenvalue weighted by Gasteiger charge is -2.21. The third-order valence-corrected chi connectivity index (χ3v) is 3.72. The van der Waals surface area contributed by atoms with Crippen molar-refractivity contribution in [1.82, 2.24) is 0 Å². The second-order valence-electron chi connectivity index (χ2n) is 5.04. The van der Waals surface area contributed by atoms with Crippen LogP contribution in [0, 0.1) is 13.8 Å². The van der Waals surface area contributed by atoms with Gasteiger partial charge in [-0.2, -0.15) is 0 Å². The summed E-state index contributed by atoms with van der Waals surface area (Å²) < 4.78 is 0. The number of hydrogen-bond acceptors (Lipinski definition) is 0. The summed E-state index contributed by atoms with van der Waals surface area (Å²) >= 11 is 6.40. The van der Waals surface area contributed by atoms with Gasteiger partial charge in [0.2, 0.25) is 0 Å². The Morgan fingerprint density at radius 2 is 1.79 bits per heavy atom. The third-order valence-electron chi connectivity index (χ3n) is 3.35. The lowest BCUT2D eigenvalue weighted by atomic mass is 9.83. The van der Waals surface area contributed by atoms with Crippen molar-refractivity contribution >= 4 is 11.6 Å². The fraction of sp³-hybridized carbons (Fsp3) is 0.538. The molecular formula is C13H17Cl. The molecule has 1 heteroatoms. The van der Waals surface area contributed by atoms with Crippen LogP contribution in [0.15, 0.2) is 12.1 Å². The predicted octanol–water partition coefficient (Wildman–Crippen LogP) is 4.26. The van der Waals surface area contributed by atoms with Crippen LogP contribution in [0.1, 0.15) is 47.9 Å². The van der Waals surface area contributed by atoms with E-state index in [-0.39, 0.29) is 10.8 Å². The van der Waals surface area contributed by atoms with E-state index < -0.39 is 0 Å². The van der Waals surface area contributed by atoms with Crippen LogP contribution in [-0.2, 0) is 5.41 Å². The monoisotopic (exact) mass is 208 g/mol. The van der Waals surface area contributed by atoms with E-state index >= 15 is 0 Å². The van der Waals surface area contributed by atoms with Gasteiger partial charge in [0.05, 0.1) is 5.38 Å². The molecule has 0 saturated heterocycles. The summed E-state index contributed by atoms with van der Waals surface area (Å²) in [6.45, 7) is 8.94. The van der Waals surface area contributed by atoms with E-state index in [2.05, 4.69) is 39.8 Å². The summed E-state index contributed by atoms with van der Waals surface area (Å²) in [5.41, 5.74) is 5.85. The Balaban J connectivity index is 2.73. The predicted molar refractivity (Wildman–Crippen MR) is 62.2 cm³/mol. The van der Waals surface area contributed by atoms with Gasteiger partial charge in [0.15, 0.2) is 0 Å². The van der Waals surface area contributed by atoms with Gasteiger partial charge in [0.1, 0.15) is 0 Å². The van der Waals surface area contributed by atoms with Crippen molar-refractivity contribution in [1.29, 1.82) is 0 Å². The average molecular weight is 209 g/mol. The topological polar surface area (TPSA) is 0 Å². The molecule has 0 spiro atoms. The summed E-state index contributed by atoms with van der Waals surface area (Å²) in [6.07, 6.45) is 1.07. The van der Waals surface area contributed by atoms with Gasteiger partial charge in [-0.15, -0.1) is 11.6 Å². The Bertz CT molecular complexity index is 377. The van der Waals surface area contributed by atoms with Gasteiger partial charge in [-0.1, -0.05) is 26.0 Å². The zero-order chi connectivity index (χ0) is 10.5. The van der Waals surface area contributed by atoms with Crippen molar-refractivity contribution in [3.63, 3.8) is 0 Å². The first-order valence-corrected chi connectivity index (χ1v) is 5.62. The Labute approximate surface area is 91.3 Å². The lowest BCUT2D eigenvalue weighted by Crippen LogP contribution is -2.13. The van der Waals surface area contributed by atoms with E-state index in [9.17, 15) is 0 Å². The highest BCUT2D eigenvalue weighted by atomic mass is 35.5. The van der Waals surface area contributed by atoms with Crippen LogP contribution in [0.3, 0.4) is 0 Å². The minimum absolute atomic E-state index is 0.208. The first kappa shape index (κ1) is 10.0. The standard InChI is InChI=1S/C13H17Cl/c1-8-5-6-9(2)12-11(8)10(14)7-13(12,3)4/h5-6,10H,7H2,1-4H3. The molecule has 0 bridgehead atoms. The minimum atomic E-state index is 0.208. The van der Waals surface area contributed by atoms with Gasteiger partial charge in [-0.05, 0) is 47.9 Å². The SMILES string of the molecule is Cc1ccc(C)c2c1C(Cl)CC2(C)C. The molecule has 0 aliphatic heterocycles. The number of benzene rings is 1. The Morgan fingerprint density at radius 3 is 2.36 bits per heavy atom. The molecule has 1 aromatic carbocycles. The number of hydrogen-bond donors (Lipinski definition) is 0. The van der Waals surface area contributed by atoms with E-state index in [0.29, 0.717) is 0 Å². The first-order chi connectivity index (χ1) is 6.43. The maximum absolute atomic E-state index is 6.40. The van der Waals surface area contributed by atoms with Crippen molar-refractivity contribution < 1.29 is 0 Å². The second kappa shape index (κ2) is 3.00. The summed E-state index contributed by atoms with van der Waals surface area (Å²) in [5, 5.41) is 0.208. The quantitative estimate of drug-likeness (QED) is 0.559. The zero-order valence-corrected chi connectivity index (χ0v) is 10.1. The second-order valence-corrected chi connectivity index (χ2v) is 5.57. The molecule has 1 aliphatic carbocycles. The lowest BCUT2D eigenvalue weighted by molar-refractivity contribution is 0.514. The van der Waals surface area contributed by atoms with E-state index in [1.807, 2.05) is 0 Å². The first-order valence-electron chi connectivity index (χ1n) is 5.18. The molecule has 0 fully saturated rings. The number of fused-ring (bicyclic) bond motifs is 1. The van der Waals surface area contributed by atoms with Crippen LogP contribution in [-0.4, -0.2) is 0 Å². The summed E-state index contributed by atoms with van der Waals surface area (Å²) in [5.74, 6) is 0. The molecule has 1 atom stereocenters. The molecule has 0 amide bonds. The maximum atomic E-state index is 6.40. The highest BCUT2D eigenvalue weighted by molar-refractivity contribution is 6.21. The van der Waals surface area contributed by atoms with E-state index in [1.165, 1.54) is 22.3 Å². The molecule has 0 radical (unpaired) electrons. The largest absolute Gasteiger partial charge is 0.118 e. The van der Waals surface area contributed by atoms with Crippen LogP contribution in [0.2, 0.25) is 0 Å². The van der Waals surface area contributed by atoms with Gasteiger partial charge in [0.25, 0.3) is 0 Å². The molecule has 0 N–H and O–H groups in total.